The molecule has 0 unspecified atom stereocenters. The van der Waals surface area contributed by atoms with Crippen molar-refractivity contribution in [1.82, 2.24) is 10.5 Å². The van der Waals surface area contributed by atoms with Crippen molar-refractivity contribution in [3.8, 4) is 0 Å². The first-order valence-corrected chi connectivity index (χ1v) is 4.65. The molecule has 0 saturated carbocycles. The third-order valence-corrected chi connectivity index (χ3v) is 2.22. The Labute approximate surface area is 81.4 Å². The molecular formula is C9H12N2O3. The Morgan fingerprint density at radius 1 is 1.50 bits per heavy atom. The smallest absolute Gasteiger partial charge is 0.290 e. The standard InChI is InChI=1S/C9H12N2O3/c12-9(8-1-4-10-14-8)11-7-2-5-13-6-3-7/h1,4,7H,2-3,5-6H2,(H,11,12). The van der Waals surface area contributed by atoms with E-state index >= 15 is 0 Å². The summed E-state index contributed by atoms with van der Waals surface area (Å²) in [5.41, 5.74) is 0. The summed E-state index contributed by atoms with van der Waals surface area (Å²) in [6.07, 6.45) is 3.18. The average molecular weight is 196 g/mol. The second kappa shape index (κ2) is 4.23. The highest BCUT2D eigenvalue weighted by molar-refractivity contribution is 5.91. The lowest BCUT2D eigenvalue weighted by molar-refractivity contribution is 0.0679. The van der Waals surface area contributed by atoms with Crippen molar-refractivity contribution < 1.29 is 14.1 Å². The van der Waals surface area contributed by atoms with Gasteiger partial charge in [0, 0.05) is 25.3 Å². The minimum Gasteiger partial charge on any atom is -0.381 e. The monoisotopic (exact) mass is 196 g/mol. The first-order valence-electron chi connectivity index (χ1n) is 4.65. The van der Waals surface area contributed by atoms with E-state index in [4.69, 9.17) is 9.26 Å². The van der Waals surface area contributed by atoms with Gasteiger partial charge in [-0.3, -0.25) is 4.79 Å². The molecule has 5 nitrogen and oxygen atoms in total. The van der Waals surface area contributed by atoms with Gasteiger partial charge in [0.2, 0.25) is 5.76 Å². The summed E-state index contributed by atoms with van der Waals surface area (Å²) in [7, 11) is 0. The summed E-state index contributed by atoms with van der Waals surface area (Å²) in [4.78, 5) is 11.5. The molecule has 76 valence electrons. The van der Waals surface area contributed by atoms with Crippen molar-refractivity contribution in [2.75, 3.05) is 13.2 Å². The van der Waals surface area contributed by atoms with Gasteiger partial charge in [0.15, 0.2) is 0 Å². The molecule has 1 aromatic rings. The maximum atomic E-state index is 11.5. The molecule has 1 aromatic heterocycles. The molecule has 0 aliphatic carbocycles. The molecule has 1 aliphatic rings. The van der Waals surface area contributed by atoms with Crippen LogP contribution in [0.4, 0.5) is 0 Å². The molecule has 2 rings (SSSR count). The van der Waals surface area contributed by atoms with Crippen LogP contribution < -0.4 is 5.32 Å². The van der Waals surface area contributed by atoms with E-state index in [9.17, 15) is 4.79 Å². The number of rotatable bonds is 2. The Balaban J connectivity index is 1.87. The number of nitrogens with one attached hydrogen (secondary N) is 1. The van der Waals surface area contributed by atoms with Crippen LogP contribution in [0.2, 0.25) is 0 Å². The van der Waals surface area contributed by atoms with Gasteiger partial charge in [-0.15, -0.1) is 0 Å². The largest absolute Gasteiger partial charge is 0.381 e. The fourth-order valence-electron chi connectivity index (χ4n) is 1.43. The Kier molecular flexibility index (Phi) is 2.78. The first kappa shape index (κ1) is 9.21. The Morgan fingerprint density at radius 2 is 2.29 bits per heavy atom. The number of aromatic nitrogens is 1. The summed E-state index contributed by atoms with van der Waals surface area (Å²) >= 11 is 0. The first-order chi connectivity index (χ1) is 6.86. The van der Waals surface area contributed by atoms with Crippen molar-refractivity contribution in [1.29, 1.82) is 0 Å². The SMILES string of the molecule is O=C(NC1CCOCC1)c1ccno1. The second-order valence-corrected chi connectivity index (χ2v) is 3.24. The van der Waals surface area contributed by atoms with Crippen molar-refractivity contribution in [3.63, 3.8) is 0 Å². The fraction of sp³-hybridized carbons (Fsp3) is 0.556. The number of carbonyl (C=O) groups excluding carboxylic acids is 1. The molecule has 0 atom stereocenters. The van der Waals surface area contributed by atoms with Gasteiger partial charge in [0.1, 0.15) is 0 Å². The zero-order valence-corrected chi connectivity index (χ0v) is 7.73. The summed E-state index contributed by atoms with van der Waals surface area (Å²) in [6, 6.07) is 1.75. The topological polar surface area (TPSA) is 64.4 Å². The van der Waals surface area contributed by atoms with E-state index in [1.807, 2.05) is 0 Å². The quantitative estimate of drug-likeness (QED) is 0.751. The van der Waals surface area contributed by atoms with E-state index in [0.717, 1.165) is 12.8 Å². The molecule has 1 saturated heterocycles. The summed E-state index contributed by atoms with van der Waals surface area (Å²) in [6.45, 7) is 1.42. The highest BCUT2D eigenvalue weighted by Crippen LogP contribution is 2.07. The van der Waals surface area contributed by atoms with E-state index in [1.54, 1.807) is 6.07 Å². The maximum absolute atomic E-state index is 11.5. The minimum atomic E-state index is -0.200. The highest BCUT2D eigenvalue weighted by Gasteiger charge is 2.18. The molecule has 1 fully saturated rings. The Morgan fingerprint density at radius 3 is 2.93 bits per heavy atom. The highest BCUT2D eigenvalue weighted by atomic mass is 16.5. The van der Waals surface area contributed by atoms with Crippen LogP contribution in [-0.2, 0) is 4.74 Å². The predicted octanol–water partition coefficient (Wildman–Crippen LogP) is 0.583. The van der Waals surface area contributed by atoms with Crippen LogP contribution in [0.15, 0.2) is 16.8 Å². The van der Waals surface area contributed by atoms with Crippen LogP contribution >= 0.6 is 0 Å². The number of hydrogen-bond acceptors (Lipinski definition) is 4. The molecule has 1 amide bonds. The van der Waals surface area contributed by atoms with Crippen LogP contribution in [0.1, 0.15) is 23.4 Å². The third-order valence-electron chi connectivity index (χ3n) is 2.22. The molecule has 14 heavy (non-hydrogen) atoms. The molecule has 0 spiro atoms. The Bertz CT molecular complexity index is 291. The molecule has 0 bridgehead atoms. The van der Waals surface area contributed by atoms with Gasteiger partial charge in [-0.25, -0.2) is 0 Å². The van der Waals surface area contributed by atoms with Gasteiger partial charge in [-0.1, -0.05) is 5.16 Å². The third kappa shape index (κ3) is 2.11. The zero-order chi connectivity index (χ0) is 9.80. The van der Waals surface area contributed by atoms with E-state index < -0.39 is 0 Å². The van der Waals surface area contributed by atoms with Crippen molar-refractivity contribution in [2.45, 2.75) is 18.9 Å². The van der Waals surface area contributed by atoms with E-state index in [-0.39, 0.29) is 17.7 Å². The number of hydrogen-bond donors (Lipinski definition) is 1. The summed E-state index contributed by atoms with van der Waals surface area (Å²) in [5.74, 6) is 0.0610. The molecule has 1 N–H and O–H groups in total. The summed E-state index contributed by atoms with van der Waals surface area (Å²) < 4.78 is 9.93. The van der Waals surface area contributed by atoms with Gasteiger partial charge >= 0.3 is 0 Å². The lowest BCUT2D eigenvalue weighted by atomic mass is 10.1. The van der Waals surface area contributed by atoms with Crippen molar-refractivity contribution >= 4 is 5.91 Å². The molecule has 2 heterocycles. The van der Waals surface area contributed by atoms with Crippen LogP contribution in [0, 0.1) is 0 Å². The number of amides is 1. The van der Waals surface area contributed by atoms with Crippen molar-refractivity contribution in [3.05, 3.63) is 18.0 Å². The van der Waals surface area contributed by atoms with Crippen LogP contribution in [0.25, 0.3) is 0 Å². The second-order valence-electron chi connectivity index (χ2n) is 3.24. The van der Waals surface area contributed by atoms with E-state index in [2.05, 4.69) is 10.5 Å². The van der Waals surface area contributed by atoms with Crippen LogP contribution in [-0.4, -0.2) is 30.3 Å². The van der Waals surface area contributed by atoms with Gasteiger partial charge < -0.3 is 14.6 Å². The van der Waals surface area contributed by atoms with Crippen LogP contribution in [0.3, 0.4) is 0 Å². The average Bonchev–Trinajstić information content (AvgIpc) is 2.72. The lowest BCUT2D eigenvalue weighted by Crippen LogP contribution is -2.38. The van der Waals surface area contributed by atoms with E-state index in [1.165, 1.54) is 6.20 Å². The van der Waals surface area contributed by atoms with Gasteiger partial charge in [-0.2, -0.15) is 0 Å². The lowest BCUT2D eigenvalue weighted by Gasteiger charge is -2.22. The molecule has 1 aliphatic heterocycles. The molecule has 5 heteroatoms. The van der Waals surface area contributed by atoms with Gasteiger partial charge in [-0.05, 0) is 12.8 Å². The van der Waals surface area contributed by atoms with Gasteiger partial charge in [0.05, 0.1) is 6.20 Å². The predicted molar refractivity (Wildman–Crippen MR) is 47.8 cm³/mol. The zero-order valence-electron chi connectivity index (χ0n) is 7.73. The fourth-order valence-corrected chi connectivity index (χ4v) is 1.43. The van der Waals surface area contributed by atoms with Crippen LogP contribution in [0.5, 0.6) is 0 Å². The number of nitrogens with zero attached hydrogens (tertiary/aromatic N) is 1. The molecule has 0 radical (unpaired) electrons. The number of carbonyl (C=O) groups is 1. The molecular weight excluding hydrogens is 184 g/mol. The minimum absolute atomic E-state index is 0.196. The number of ether oxygens (including phenoxy) is 1. The maximum Gasteiger partial charge on any atom is 0.290 e. The molecule has 0 aromatic carbocycles. The Hall–Kier alpha value is -1.36. The normalized spacial score (nSPS) is 18.0. The van der Waals surface area contributed by atoms with Gasteiger partial charge in [0.25, 0.3) is 5.91 Å². The van der Waals surface area contributed by atoms with E-state index in [0.29, 0.717) is 13.2 Å². The van der Waals surface area contributed by atoms with Crippen molar-refractivity contribution in [2.24, 2.45) is 0 Å². The summed E-state index contributed by atoms with van der Waals surface area (Å²) in [5, 5.41) is 6.34.